The topological polar surface area (TPSA) is 76.6 Å². The number of nitro groups is 1. The van der Waals surface area contributed by atoms with Crippen molar-refractivity contribution < 1.29 is 14.1 Å². The zero-order valence-corrected chi connectivity index (χ0v) is 13.0. The van der Waals surface area contributed by atoms with Crippen molar-refractivity contribution in [3.63, 3.8) is 0 Å². The monoisotopic (exact) mass is 334 g/mol. The Balaban J connectivity index is 1.87. The van der Waals surface area contributed by atoms with Gasteiger partial charge in [0.15, 0.2) is 0 Å². The van der Waals surface area contributed by atoms with Gasteiger partial charge in [0.25, 0.3) is 5.69 Å². The average Bonchev–Trinajstić information content (AvgIpc) is 3.23. The molecule has 1 saturated carbocycles. The van der Waals surface area contributed by atoms with Gasteiger partial charge in [-0.25, -0.2) is 0 Å². The van der Waals surface area contributed by atoms with Crippen LogP contribution in [-0.2, 0) is 17.9 Å². The van der Waals surface area contributed by atoms with Gasteiger partial charge in [-0.15, -0.1) is 0 Å². The predicted molar refractivity (Wildman–Crippen MR) is 83.8 cm³/mol. The van der Waals surface area contributed by atoms with Crippen LogP contribution in [0.15, 0.2) is 41.0 Å². The van der Waals surface area contributed by atoms with Crippen molar-refractivity contribution in [1.29, 1.82) is 0 Å². The summed E-state index contributed by atoms with van der Waals surface area (Å²) in [4.78, 5) is 24.8. The number of halogens is 1. The molecule has 1 aromatic heterocycles. The van der Waals surface area contributed by atoms with E-state index in [0.717, 1.165) is 12.8 Å². The molecule has 1 amide bonds. The summed E-state index contributed by atoms with van der Waals surface area (Å²) in [5.74, 6) is 0.655. The highest BCUT2D eigenvalue weighted by atomic mass is 35.5. The number of rotatable bonds is 6. The molecular weight excluding hydrogens is 320 g/mol. The first-order chi connectivity index (χ1) is 11.0. The third-order valence-corrected chi connectivity index (χ3v) is 4.00. The maximum Gasteiger partial charge on any atom is 0.274 e. The van der Waals surface area contributed by atoms with Crippen molar-refractivity contribution >= 4 is 23.2 Å². The van der Waals surface area contributed by atoms with Crippen molar-refractivity contribution in [2.45, 2.75) is 25.9 Å². The molecule has 23 heavy (non-hydrogen) atoms. The van der Waals surface area contributed by atoms with Crippen molar-refractivity contribution in [3.8, 4) is 0 Å². The number of nitro benzene ring substituents is 1. The van der Waals surface area contributed by atoms with Crippen molar-refractivity contribution in [2.75, 3.05) is 0 Å². The van der Waals surface area contributed by atoms with E-state index in [9.17, 15) is 14.9 Å². The lowest BCUT2D eigenvalue weighted by Crippen LogP contribution is -2.31. The molecule has 1 aliphatic carbocycles. The van der Waals surface area contributed by atoms with E-state index in [1.807, 2.05) is 0 Å². The van der Waals surface area contributed by atoms with Gasteiger partial charge in [-0.1, -0.05) is 11.6 Å². The Kier molecular flexibility index (Phi) is 4.34. The second-order valence-electron chi connectivity index (χ2n) is 5.58. The first-order valence-corrected chi connectivity index (χ1v) is 7.66. The molecule has 0 N–H and O–H groups in total. The van der Waals surface area contributed by atoms with E-state index in [1.54, 1.807) is 17.0 Å². The van der Waals surface area contributed by atoms with Crippen LogP contribution in [0.25, 0.3) is 0 Å². The van der Waals surface area contributed by atoms with Gasteiger partial charge in [-0.2, -0.15) is 0 Å². The van der Waals surface area contributed by atoms with Gasteiger partial charge in [-0.05, 0) is 37.1 Å². The Morgan fingerprint density at radius 3 is 2.74 bits per heavy atom. The highest BCUT2D eigenvalue weighted by molar-refractivity contribution is 6.30. The smallest absolute Gasteiger partial charge is 0.274 e. The fraction of sp³-hybridized carbons (Fsp3) is 0.312. The van der Waals surface area contributed by atoms with Gasteiger partial charge in [-0.3, -0.25) is 14.9 Å². The van der Waals surface area contributed by atoms with E-state index < -0.39 is 4.92 Å². The summed E-state index contributed by atoms with van der Waals surface area (Å²) in [5.41, 5.74) is 0.380. The Labute approximate surface area is 137 Å². The lowest BCUT2D eigenvalue weighted by Gasteiger charge is -2.22. The minimum absolute atomic E-state index is 0.00401. The Morgan fingerprint density at radius 2 is 2.13 bits per heavy atom. The third kappa shape index (κ3) is 3.71. The molecule has 6 nitrogen and oxygen atoms in total. The van der Waals surface area contributed by atoms with Gasteiger partial charge in [0.1, 0.15) is 5.76 Å². The maximum atomic E-state index is 12.5. The molecule has 1 heterocycles. The first kappa shape index (κ1) is 15.6. The Hall–Kier alpha value is -2.34. The molecule has 0 saturated heterocycles. The maximum absolute atomic E-state index is 12.5. The summed E-state index contributed by atoms with van der Waals surface area (Å²) >= 11 is 5.96. The van der Waals surface area contributed by atoms with Gasteiger partial charge in [0.05, 0.1) is 29.8 Å². The average molecular weight is 335 g/mol. The number of benzene rings is 1. The van der Waals surface area contributed by atoms with Crippen LogP contribution in [0.1, 0.15) is 24.2 Å². The molecule has 0 atom stereocenters. The molecule has 1 aromatic carbocycles. The van der Waals surface area contributed by atoms with E-state index in [1.165, 1.54) is 24.5 Å². The summed E-state index contributed by atoms with van der Waals surface area (Å²) in [7, 11) is 0. The summed E-state index contributed by atoms with van der Waals surface area (Å²) in [5, 5.41) is 11.6. The number of amides is 1. The summed E-state index contributed by atoms with van der Waals surface area (Å²) < 4.78 is 5.30. The molecule has 7 heteroatoms. The molecule has 0 unspecified atom stereocenters. The molecule has 0 bridgehead atoms. The van der Waals surface area contributed by atoms with Gasteiger partial charge in [0.2, 0.25) is 5.91 Å². The zero-order valence-electron chi connectivity index (χ0n) is 12.3. The number of carbonyl (C=O) groups is 1. The van der Waals surface area contributed by atoms with Crippen LogP contribution in [0.4, 0.5) is 5.69 Å². The second kappa shape index (κ2) is 6.42. The van der Waals surface area contributed by atoms with Crippen molar-refractivity contribution in [3.05, 3.63) is 63.1 Å². The van der Waals surface area contributed by atoms with Crippen LogP contribution in [0.5, 0.6) is 0 Å². The first-order valence-electron chi connectivity index (χ1n) is 7.28. The van der Waals surface area contributed by atoms with Gasteiger partial charge < -0.3 is 9.32 Å². The molecule has 0 spiro atoms. The van der Waals surface area contributed by atoms with Crippen LogP contribution < -0.4 is 0 Å². The molecule has 1 fully saturated rings. The minimum Gasteiger partial charge on any atom is -0.467 e. The van der Waals surface area contributed by atoms with Crippen LogP contribution >= 0.6 is 11.6 Å². The predicted octanol–water partition coefficient (Wildman–Crippen LogP) is 3.78. The molecule has 0 aliphatic heterocycles. The minimum atomic E-state index is -0.460. The molecular formula is C16H15ClN2O4. The number of furan rings is 1. The van der Waals surface area contributed by atoms with Crippen LogP contribution in [-0.4, -0.2) is 15.7 Å². The quantitative estimate of drug-likeness (QED) is 0.595. The van der Waals surface area contributed by atoms with E-state index in [2.05, 4.69) is 0 Å². The fourth-order valence-corrected chi connectivity index (χ4v) is 2.65. The molecule has 0 radical (unpaired) electrons. The Bertz CT molecular complexity index is 726. The lowest BCUT2D eigenvalue weighted by molar-refractivity contribution is -0.385. The van der Waals surface area contributed by atoms with E-state index in [0.29, 0.717) is 16.3 Å². The van der Waals surface area contributed by atoms with E-state index in [-0.39, 0.29) is 30.6 Å². The van der Waals surface area contributed by atoms with E-state index >= 15 is 0 Å². The standard InChI is InChI=1S/C16H15ClN2O4/c17-13-5-6-15(19(21)22)12(8-13)9-18(16(20)11-3-4-11)10-14-2-1-7-23-14/h1-2,5-8,11H,3-4,9-10H2. The SMILES string of the molecule is O=C(C1CC1)N(Cc1ccco1)Cc1cc(Cl)ccc1[N+](=O)[O-]. The summed E-state index contributed by atoms with van der Waals surface area (Å²) in [6, 6.07) is 7.90. The highest BCUT2D eigenvalue weighted by Crippen LogP contribution is 2.33. The summed E-state index contributed by atoms with van der Waals surface area (Å²) in [6.07, 6.45) is 3.27. The fourth-order valence-electron chi connectivity index (χ4n) is 2.46. The van der Waals surface area contributed by atoms with Crippen LogP contribution in [0.3, 0.4) is 0 Å². The molecule has 120 valence electrons. The largest absolute Gasteiger partial charge is 0.467 e. The normalized spacial score (nSPS) is 13.8. The lowest BCUT2D eigenvalue weighted by atomic mass is 10.1. The molecule has 3 rings (SSSR count). The third-order valence-electron chi connectivity index (χ3n) is 3.76. The zero-order chi connectivity index (χ0) is 16.4. The molecule has 2 aromatic rings. The number of nitrogens with zero attached hydrogens (tertiary/aromatic N) is 2. The van der Waals surface area contributed by atoms with Crippen LogP contribution in [0, 0.1) is 16.0 Å². The van der Waals surface area contributed by atoms with Crippen LogP contribution in [0.2, 0.25) is 5.02 Å². The number of carbonyl (C=O) groups excluding carboxylic acids is 1. The summed E-state index contributed by atoms with van der Waals surface area (Å²) in [6.45, 7) is 0.416. The van der Waals surface area contributed by atoms with Crippen molar-refractivity contribution in [1.82, 2.24) is 4.90 Å². The van der Waals surface area contributed by atoms with E-state index in [4.69, 9.17) is 16.0 Å². The highest BCUT2D eigenvalue weighted by Gasteiger charge is 2.34. The van der Waals surface area contributed by atoms with Gasteiger partial charge >= 0.3 is 0 Å². The number of hydrogen-bond donors (Lipinski definition) is 0. The second-order valence-corrected chi connectivity index (χ2v) is 6.01. The molecule has 1 aliphatic rings. The number of hydrogen-bond acceptors (Lipinski definition) is 4. The Morgan fingerprint density at radius 1 is 1.35 bits per heavy atom. The van der Waals surface area contributed by atoms with Gasteiger partial charge in [0, 0.05) is 17.0 Å². The van der Waals surface area contributed by atoms with Crippen molar-refractivity contribution in [2.24, 2.45) is 5.92 Å².